The third-order valence-electron chi connectivity index (χ3n) is 1.16. The molecule has 12 heavy (non-hydrogen) atoms. The van der Waals surface area contributed by atoms with E-state index in [0.29, 0.717) is 0 Å². The molecule has 0 amide bonds. The summed E-state index contributed by atoms with van der Waals surface area (Å²) >= 11 is 0. The smallest absolute Gasteiger partial charge is 0.344 e. The van der Waals surface area contributed by atoms with Gasteiger partial charge in [-0.15, -0.1) is 6.07 Å². The molecule has 0 aromatic heterocycles. The molecule has 0 fully saturated rings. The SMILES string of the molecule is CC.[CH-]=Cc1[c-]ccc(C)c1.[W+2]. The van der Waals surface area contributed by atoms with Crippen molar-refractivity contribution in [2.75, 3.05) is 0 Å². The minimum absolute atomic E-state index is 0. The van der Waals surface area contributed by atoms with Gasteiger partial charge in [0, 0.05) is 0 Å². The molecule has 0 aliphatic carbocycles. The summed E-state index contributed by atoms with van der Waals surface area (Å²) < 4.78 is 0. The molecule has 1 heteroatoms. The van der Waals surface area contributed by atoms with Crippen LogP contribution in [0.5, 0.6) is 0 Å². The second-order valence-electron chi connectivity index (χ2n) is 1.99. The van der Waals surface area contributed by atoms with Gasteiger partial charge in [0.2, 0.25) is 0 Å². The van der Waals surface area contributed by atoms with E-state index in [1.807, 2.05) is 39.0 Å². The molecule has 0 nitrogen and oxygen atoms in total. The van der Waals surface area contributed by atoms with Crippen LogP contribution in [0.4, 0.5) is 0 Å². The second-order valence-corrected chi connectivity index (χ2v) is 1.99. The first-order chi connectivity index (χ1) is 5.33. The summed E-state index contributed by atoms with van der Waals surface area (Å²) in [5.41, 5.74) is 2.17. The van der Waals surface area contributed by atoms with Crippen molar-refractivity contribution in [2.45, 2.75) is 20.8 Å². The first-order valence-electron chi connectivity index (χ1n) is 3.86. The summed E-state index contributed by atoms with van der Waals surface area (Å²) in [6, 6.07) is 8.83. The van der Waals surface area contributed by atoms with Crippen molar-refractivity contribution in [3.63, 3.8) is 0 Å². The van der Waals surface area contributed by atoms with Crippen LogP contribution in [0, 0.1) is 19.6 Å². The van der Waals surface area contributed by atoms with Gasteiger partial charge in [-0.1, -0.05) is 20.8 Å². The Labute approximate surface area is 90.0 Å². The van der Waals surface area contributed by atoms with Crippen LogP contribution in [0.2, 0.25) is 0 Å². The van der Waals surface area contributed by atoms with Crippen molar-refractivity contribution >= 4 is 6.08 Å². The molecule has 1 aromatic rings. The van der Waals surface area contributed by atoms with Crippen LogP contribution in [-0.4, -0.2) is 0 Å². The number of rotatable bonds is 1. The Balaban J connectivity index is 0. The van der Waals surface area contributed by atoms with Crippen LogP contribution in [0.15, 0.2) is 18.2 Å². The maximum atomic E-state index is 5.26. The Morgan fingerprint density at radius 3 is 2.33 bits per heavy atom. The van der Waals surface area contributed by atoms with Gasteiger partial charge in [-0.25, -0.2) is 12.1 Å². The molecule has 1 aromatic carbocycles. The van der Waals surface area contributed by atoms with Crippen molar-refractivity contribution in [1.82, 2.24) is 0 Å². The predicted octanol–water partition coefficient (Wildman–Crippen LogP) is 3.27. The van der Waals surface area contributed by atoms with Crippen LogP contribution in [0.25, 0.3) is 6.08 Å². The van der Waals surface area contributed by atoms with Crippen LogP contribution in [0.1, 0.15) is 25.0 Å². The predicted molar refractivity (Wildman–Crippen MR) is 50.1 cm³/mol. The molecule has 0 saturated heterocycles. The molecule has 0 heterocycles. The van der Waals surface area contributed by atoms with Gasteiger partial charge in [0.05, 0.1) is 0 Å². The molecule has 0 aliphatic rings. The first-order valence-corrected chi connectivity index (χ1v) is 3.86. The van der Waals surface area contributed by atoms with Crippen molar-refractivity contribution in [1.29, 1.82) is 0 Å². The zero-order valence-electron chi connectivity index (χ0n) is 7.79. The third-order valence-corrected chi connectivity index (χ3v) is 1.16. The van der Waals surface area contributed by atoms with E-state index in [4.69, 9.17) is 6.58 Å². The van der Waals surface area contributed by atoms with Gasteiger partial charge >= 0.3 is 21.1 Å². The standard InChI is InChI=1S/C9H8.C2H6.W/c1-3-9-6-4-5-8(2)7-9;1-2;/h1,3-5,7H,2H3;1-2H3;/q-2;;+2. The molecule has 0 aliphatic heterocycles. The van der Waals surface area contributed by atoms with Crippen molar-refractivity contribution in [3.8, 4) is 0 Å². The molecule has 64 valence electrons. The second kappa shape index (κ2) is 8.74. The maximum absolute atomic E-state index is 5.26. The zero-order chi connectivity index (χ0) is 8.69. The van der Waals surface area contributed by atoms with Crippen LogP contribution >= 0.6 is 0 Å². The number of hydrogen-bond acceptors (Lipinski definition) is 0. The van der Waals surface area contributed by atoms with Gasteiger partial charge < -0.3 is 18.2 Å². The van der Waals surface area contributed by atoms with Gasteiger partial charge in [0.25, 0.3) is 0 Å². The zero-order valence-corrected chi connectivity index (χ0v) is 10.7. The fourth-order valence-electron chi connectivity index (χ4n) is 0.701. The van der Waals surface area contributed by atoms with E-state index in [-0.39, 0.29) is 21.1 Å². The molecule has 0 N–H and O–H groups in total. The van der Waals surface area contributed by atoms with E-state index in [2.05, 4.69) is 6.07 Å². The van der Waals surface area contributed by atoms with Crippen LogP contribution in [-0.2, 0) is 21.1 Å². The summed E-state index contributed by atoms with van der Waals surface area (Å²) in [6.45, 7) is 11.3. The van der Waals surface area contributed by atoms with E-state index in [1.165, 1.54) is 5.56 Å². The number of aryl methyl sites for hydroxylation is 1. The summed E-state index contributed by atoms with van der Waals surface area (Å²) in [7, 11) is 0. The van der Waals surface area contributed by atoms with E-state index >= 15 is 0 Å². The van der Waals surface area contributed by atoms with Crippen molar-refractivity contribution < 1.29 is 21.1 Å². The van der Waals surface area contributed by atoms with Gasteiger partial charge in [0.1, 0.15) is 0 Å². The third kappa shape index (κ3) is 5.32. The molecular formula is C11H14W. The molecule has 0 atom stereocenters. The Hall–Kier alpha value is -0.352. The summed E-state index contributed by atoms with van der Waals surface area (Å²) in [5.74, 6) is 0. The van der Waals surface area contributed by atoms with E-state index in [1.54, 1.807) is 6.08 Å². The Morgan fingerprint density at radius 1 is 1.42 bits per heavy atom. The molecule has 0 bridgehead atoms. The Kier molecular flexibility index (Phi) is 10.3. The average Bonchev–Trinajstić information content (AvgIpc) is 2.08. The summed E-state index contributed by atoms with van der Waals surface area (Å²) in [6.07, 6.45) is 1.55. The van der Waals surface area contributed by atoms with E-state index in [9.17, 15) is 0 Å². The molecule has 0 saturated carbocycles. The average molecular weight is 330 g/mol. The van der Waals surface area contributed by atoms with Gasteiger partial charge in [-0.3, -0.25) is 0 Å². The summed E-state index contributed by atoms with van der Waals surface area (Å²) in [4.78, 5) is 0. The normalized spacial score (nSPS) is 7.25. The van der Waals surface area contributed by atoms with E-state index < -0.39 is 0 Å². The van der Waals surface area contributed by atoms with Crippen LogP contribution < -0.4 is 0 Å². The van der Waals surface area contributed by atoms with E-state index in [0.717, 1.165) is 5.56 Å². The van der Waals surface area contributed by atoms with Gasteiger partial charge in [-0.05, 0) is 0 Å². The van der Waals surface area contributed by atoms with Crippen molar-refractivity contribution in [3.05, 3.63) is 42.0 Å². The maximum Gasteiger partial charge on any atom is 2.00 e. The number of hydrogen-bond donors (Lipinski definition) is 0. The Bertz CT molecular complexity index is 216. The quantitative estimate of drug-likeness (QED) is 0.694. The first kappa shape index (κ1) is 14.2. The molecule has 0 radical (unpaired) electrons. The largest absolute Gasteiger partial charge is 2.00 e. The topological polar surface area (TPSA) is 0 Å². The monoisotopic (exact) mass is 330 g/mol. The molecule has 1 rings (SSSR count). The molecule has 0 spiro atoms. The van der Waals surface area contributed by atoms with Crippen molar-refractivity contribution in [2.24, 2.45) is 0 Å². The minimum Gasteiger partial charge on any atom is -0.344 e. The van der Waals surface area contributed by atoms with Gasteiger partial charge in [-0.2, -0.15) is 11.6 Å². The minimum atomic E-state index is 0. The molecular weight excluding hydrogens is 316 g/mol. The van der Waals surface area contributed by atoms with Crippen LogP contribution in [0.3, 0.4) is 0 Å². The summed E-state index contributed by atoms with van der Waals surface area (Å²) in [5, 5.41) is 0. The fourth-order valence-corrected chi connectivity index (χ4v) is 0.701. The Morgan fingerprint density at radius 2 is 2.00 bits per heavy atom. The number of benzene rings is 1. The molecule has 0 unspecified atom stereocenters. The fraction of sp³-hybridized carbons (Fsp3) is 0.273. The van der Waals surface area contributed by atoms with Gasteiger partial charge in [0.15, 0.2) is 0 Å².